The first-order valence-electron chi connectivity index (χ1n) is 20.8. The van der Waals surface area contributed by atoms with Crippen LogP contribution < -0.4 is 0 Å². The zero-order valence-corrected chi connectivity index (χ0v) is 33.7. The molecule has 5 aliphatic rings. The number of nitriles is 2. The average Bonchev–Trinajstić information content (AvgIpc) is 3.11. The number of rotatable bonds is 10. The molecule has 0 aromatic heterocycles. The average molecular weight is 694 g/mol. The van der Waals surface area contributed by atoms with Gasteiger partial charge < -0.3 is 14.5 Å². The summed E-state index contributed by atoms with van der Waals surface area (Å²) in [6.07, 6.45) is 17.2. The summed E-state index contributed by atoms with van der Waals surface area (Å²) in [4.78, 5) is 13.0. The smallest absolute Gasteiger partial charge is 0.113 e. The lowest BCUT2D eigenvalue weighted by Crippen LogP contribution is -2.55. The highest BCUT2D eigenvalue weighted by Gasteiger charge is 2.43. The predicted octanol–water partition coefficient (Wildman–Crippen LogP) is 7.36. The largest absolute Gasteiger partial charge is 0.360 e. The van der Waals surface area contributed by atoms with Crippen molar-refractivity contribution < 1.29 is 4.74 Å². The Kier molecular flexibility index (Phi) is 13.4. The zero-order valence-electron chi connectivity index (χ0n) is 33.7. The lowest BCUT2D eigenvalue weighted by molar-refractivity contribution is -0.159. The summed E-state index contributed by atoms with van der Waals surface area (Å²) in [6, 6.07) is 6.72. The predicted molar refractivity (Wildman–Crippen MR) is 205 cm³/mol. The maximum atomic E-state index is 10.5. The van der Waals surface area contributed by atoms with Crippen molar-refractivity contribution in [3.05, 3.63) is 0 Å². The topological polar surface area (TPSA) is 73.0 Å². The van der Waals surface area contributed by atoms with E-state index in [1.807, 2.05) is 0 Å². The van der Waals surface area contributed by atoms with Gasteiger partial charge in [-0.05, 0) is 146 Å². The fraction of sp³-hybridized carbons (Fsp3) is 0.952. The van der Waals surface area contributed by atoms with Crippen LogP contribution in [0.1, 0.15) is 138 Å². The molecule has 50 heavy (non-hydrogen) atoms. The molecule has 0 spiro atoms. The van der Waals surface area contributed by atoms with Crippen LogP contribution in [0.5, 0.6) is 0 Å². The summed E-state index contributed by atoms with van der Waals surface area (Å²) < 4.78 is 7.27. The van der Waals surface area contributed by atoms with Crippen molar-refractivity contribution in [3.63, 3.8) is 0 Å². The van der Waals surface area contributed by atoms with Gasteiger partial charge in [0.15, 0.2) is 0 Å². The molecule has 3 heterocycles. The van der Waals surface area contributed by atoms with Crippen LogP contribution in [0.15, 0.2) is 0 Å². The monoisotopic (exact) mass is 694 g/mol. The maximum absolute atomic E-state index is 10.5. The van der Waals surface area contributed by atoms with Crippen LogP contribution >= 0.6 is 0 Å². The molecule has 2 saturated carbocycles. The Hall–Kier alpha value is -1.26. The normalized spacial score (nSPS) is 30.0. The van der Waals surface area contributed by atoms with Gasteiger partial charge in [-0.1, -0.05) is 19.3 Å². The molecule has 0 aromatic rings. The van der Waals surface area contributed by atoms with Crippen LogP contribution in [0.4, 0.5) is 0 Å². The molecule has 1 unspecified atom stereocenters. The van der Waals surface area contributed by atoms with E-state index in [0.29, 0.717) is 18.0 Å². The van der Waals surface area contributed by atoms with E-state index in [2.05, 4.69) is 92.3 Å². The van der Waals surface area contributed by atoms with E-state index in [0.717, 1.165) is 104 Å². The van der Waals surface area contributed by atoms with Gasteiger partial charge in [-0.15, -0.1) is 0 Å². The van der Waals surface area contributed by atoms with E-state index in [9.17, 15) is 10.5 Å². The molecule has 0 aromatic carbocycles. The summed E-state index contributed by atoms with van der Waals surface area (Å²) in [5.74, 6) is 0.555. The first kappa shape index (κ1) is 39.9. The van der Waals surface area contributed by atoms with E-state index in [1.54, 1.807) is 0 Å². The Labute approximate surface area is 307 Å². The molecule has 5 fully saturated rings. The molecule has 1 atom stereocenters. The van der Waals surface area contributed by atoms with E-state index >= 15 is 0 Å². The number of hydrogen-bond acceptors (Lipinski definition) is 8. The highest BCUT2D eigenvalue weighted by atomic mass is 16.5. The number of likely N-dealkylation sites (tertiary alicyclic amines) is 3. The molecule has 0 bridgehead atoms. The van der Waals surface area contributed by atoms with Gasteiger partial charge in [0.1, 0.15) is 6.23 Å². The van der Waals surface area contributed by atoms with Crippen molar-refractivity contribution in [2.45, 2.75) is 173 Å². The van der Waals surface area contributed by atoms with Crippen LogP contribution in [0, 0.1) is 39.4 Å². The van der Waals surface area contributed by atoms with Gasteiger partial charge in [0.05, 0.1) is 29.1 Å². The Morgan fingerprint density at radius 2 is 1.04 bits per heavy atom. The second-order valence-electron chi connectivity index (χ2n) is 19.6. The summed E-state index contributed by atoms with van der Waals surface area (Å²) >= 11 is 0. The number of piperidine rings is 3. The number of ether oxygens (including phenoxy) is 1. The first-order chi connectivity index (χ1) is 23.7. The second kappa shape index (κ2) is 16.8. The highest BCUT2D eigenvalue weighted by Crippen LogP contribution is 2.41. The van der Waals surface area contributed by atoms with Crippen molar-refractivity contribution in [2.24, 2.45) is 16.7 Å². The van der Waals surface area contributed by atoms with Crippen molar-refractivity contribution in [1.29, 1.82) is 10.5 Å². The van der Waals surface area contributed by atoms with Crippen molar-refractivity contribution >= 4 is 0 Å². The molecule has 8 heteroatoms. The minimum absolute atomic E-state index is 0.144. The van der Waals surface area contributed by atoms with Gasteiger partial charge in [0.25, 0.3) is 0 Å². The third kappa shape index (κ3) is 10.0. The van der Waals surface area contributed by atoms with Crippen LogP contribution in [0.25, 0.3) is 0 Å². The van der Waals surface area contributed by atoms with Gasteiger partial charge in [0, 0.05) is 68.3 Å². The maximum Gasteiger partial charge on any atom is 0.113 e. The Morgan fingerprint density at radius 1 is 0.620 bits per heavy atom. The Balaban J connectivity index is 1.17. The Morgan fingerprint density at radius 3 is 1.48 bits per heavy atom. The fourth-order valence-corrected chi connectivity index (χ4v) is 10.4. The first-order valence-corrected chi connectivity index (χ1v) is 20.8. The van der Waals surface area contributed by atoms with E-state index in [-0.39, 0.29) is 34.2 Å². The summed E-state index contributed by atoms with van der Waals surface area (Å²) in [5, 5.41) is 20.7. The fourth-order valence-electron chi connectivity index (χ4n) is 10.4. The highest BCUT2D eigenvalue weighted by molar-refractivity contribution is 5.05. The van der Waals surface area contributed by atoms with Crippen LogP contribution in [-0.2, 0) is 4.74 Å². The third-order valence-corrected chi connectivity index (χ3v) is 14.0. The standard InChI is InChI=1S/C42H75N7O/c1-39(2,3)48-26-14-34(15-27-48)38(47-24-16-35(17-25-47)45(7)32-41(30-43)20-10-9-11-21-41)50-37-12-22-42(31-44,23-13-37)33-46(8)36-18-28-49(29-19-36)40(4,5)6/h34-38H,9-29,32-33H2,1-8H3. The van der Waals surface area contributed by atoms with Crippen molar-refractivity contribution in [3.8, 4) is 12.1 Å². The number of nitrogens with zero attached hydrogens (tertiary/aromatic N) is 7. The quantitative estimate of drug-likeness (QED) is 0.235. The van der Waals surface area contributed by atoms with Gasteiger partial charge in [0.2, 0.25) is 0 Å². The van der Waals surface area contributed by atoms with Crippen LogP contribution in [0.2, 0.25) is 0 Å². The zero-order chi connectivity index (χ0) is 36.2. The minimum atomic E-state index is -0.259. The molecule has 0 radical (unpaired) electrons. The van der Waals surface area contributed by atoms with Crippen LogP contribution in [0.3, 0.4) is 0 Å². The van der Waals surface area contributed by atoms with E-state index in [4.69, 9.17) is 4.74 Å². The second-order valence-corrected chi connectivity index (χ2v) is 19.6. The molecular formula is C42H75N7O. The van der Waals surface area contributed by atoms with E-state index in [1.165, 1.54) is 44.9 Å². The number of hydrogen-bond donors (Lipinski definition) is 0. The molecule has 3 aliphatic heterocycles. The third-order valence-electron chi connectivity index (χ3n) is 14.0. The minimum Gasteiger partial charge on any atom is -0.360 e. The molecule has 2 aliphatic carbocycles. The molecule has 284 valence electrons. The summed E-state index contributed by atoms with van der Waals surface area (Å²) in [5.41, 5.74) is 0.0457. The molecular weight excluding hydrogens is 619 g/mol. The molecule has 3 saturated heterocycles. The van der Waals surface area contributed by atoms with E-state index < -0.39 is 0 Å². The van der Waals surface area contributed by atoms with Crippen LogP contribution in [-0.4, -0.2) is 126 Å². The van der Waals surface area contributed by atoms with Gasteiger partial charge >= 0.3 is 0 Å². The van der Waals surface area contributed by atoms with Gasteiger partial charge in [-0.2, -0.15) is 10.5 Å². The molecule has 8 nitrogen and oxygen atoms in total. The molecule has 5 rings (SSSR count). The Bertz CT molecular complexity index is 1120. The van der Waals surface area contributed by atoms with Gasteiger partial charge in [-0.3, -0.25) is 14.7 Å². The SMILES string of the molecule is CN(CC1(C#N)CCCCC1)C1CCN(C(OC2CCC(C#N)(CN(C)C3CCN(C(C)(C)C)CC3)CC2)C2CCN(C(C)(C)C)CC2)CC1. The van der Waals surface area contributed by atoms with Gasteiger partial charge in [-0.25, -0.2) is 0 Å². The van der Waals surface area contributed by atoms with Crippen molar-refractivity contribution in [2.75, 3.05) is 66.5 Å². The lowest BCUT2D eigenvalue weighted by atomic mass is 9.73. The van der Waals surface area contributed by atoms with Crippen molar-refractivity contribution in [1.82, 2.24) is 24.5 Å². The summed E-state index contributed by atoms with van der Waals surface area (Å²) in [7, 11) is 4.55. The lowest BCUT2D eigenvalue weighted by Gasteiger charge is -2.49. The summed E-state index contributed by atoms with van der Waals surface area (Å²) in [6.45, 7) is 22.6. The molecule has 0 N–H and O–H groups in total. The molecule has 0 amide bonds.